The fraction of sp³-hybridized carbons (Fsp3) is 0.760. The molecule has 196 valence electrons. The number of hydrogen-bond donors (Lipinski definition) is 5. The van der Waals surface area contributed by atoms with Crippen LogP contribution in [0.1, 0.15) is 73.1 Å². The van der Waals surface area contributed by atoms with Gasteiger partial charge in [0.1, 0.15) is 23.8 Å². The number of carboxylic acids is 1. The van der Waals surface area contributed by atoms with Crippen LogP contribution in [0.15, 0.2) is 0 Å². The Hall–Kier alpha value is -2.78. The van der Waals surface area contributed by atoms with Gasteiger partial charge in [0.2, 0.25) is 11.8 Å². The van der Waals surface area contributed by atoms with Crippen LogP contribution in [0.3, 0.4) is 0 Å². The average Bonchev–Trinajstić information content (AvgIpc) is 3.25. The molecule has 2 aliphatic rings. The second-order valence-electron chi connectivity index (χ2n) is 11.2. The van der Waals surface area contributed by atoms with Crippen molar-refractivity contribution in [3.05, 3.63) is 0 Å². The number of carboxylic acid groups (broad SMARTS) is 1. The van der Waals surface area contributed by atoms with Crippen molar-refractivity contribution in [2.24, 2.45) is 23.2 Å². The number of nitrogens with one attached hydrogen (secondary N) is 4. The molecule has 0 radical (unpaired) electrons. The van der Waals surface area contributed by atoms with Gasteiger partial charge in [0, 0.05) is 12.8 Å². The molecule has 10 nitrogen and oxygen atoms in total. The molecule has 0 spiro atoms. The van der Waals surface area contributed by atoms with Crippen LogP contribution in [-0.2, 0) is 19.2 Å². The molecule has 0 aromatic rings. The van der Waals surface area contributed by atoms with E-state index in [-0.39, 0.29) is 17.8 Å². The number of rotatable bonds is 9. The van der Waals surface area contributed by atoms with Gasteiger partial charge in [-0.05, 0) is 42.4 Å². The van der Waals surface area contributed by atoms with Crippen molar-refractivity contribution in [2.75, 3.05) is 6.54 Å². The minimum atomic E-state index is -1.05. The van der Waals surface area contributed by atoms with Gasteiger partial charge in [-0.25, -0.2) is 4.79 Å². The van der Waals surface area contributed by atoms with Crippen molar-refractivity contribution in [1.82, 2.24) is 15.5 Å². The van der Waals surface area contributed by atoms with Gasteiger partial charge in [0.25, 0.3) is 5.91 Å². The molecular formula is C25H41N5O5. The lowest BCUT2D eigenvalue weighted by atomic mass is 9.82. The van der Waals surface area contributed by atoms with Crippen molar-refractivity contribution in [3.63, 3.8) is 0 Å². The van der Waals surface area contributed by atoms with E-state index in [0.29, 0.717) is 19.2 Å². The molecule has 1 saturated carbocycles. The molecule has 0 aromatic heterocycles. The van der Waals surface area contributed by atoms with Gasteiger partial charge >= 0.3 is 5.97 Å². The predicted octanol–water partition coefficient (Wildman–Crippen LogP) is 2.21. The van der Waals surface area contributed by atoms with Gasteiger partial charge in [-0.2, -0.15) is 0 Å². The molecular weight excluding hydrogens is 450 g/mol. The first-order valence-electron chi connectivity index (χ1n) is 12.5. The van der Waals surface area contributed by atoms with Crippen LogP contribution < -0.4 is 10.6 Å². The molecule has 3 amide bonds. The molecule has 0 unspecified atom stereocenters. The molecule has 1 heterocycles. The monoisotopic (exact) mass is 491 g/mol. The van der Waals surface area contributed by atoms with Crippen molar-refractivity contribution < 1.29 is 24.3 Å². The van der Waals surface area contributed by atoms with E-state index in [1.807, 2.05) is 13.8 Å². The van der Waals surface area contributed by atoms with Crippen LogP contribution >= 0.6 is 0 Å². The highest BCUT2D eigenvalue weighted by Gasteiger charge is 2.47. The summed E-state index contributed by atoms with van der Waals surface area (Å²) < 4.78 is 0. The zero-order valence-corrected chi connectivity index (χ0v) is 21.5. The van der Waals surface area contributed by atoms with E-state index in [0.717, 1.165) is 32.1 Å². The lowest BCUT2D eigenvalue weighted by molar-refractivity contribution is -0.152. The van der Waals surface area contributed by atoms with Crippen LogP contribution in [0.2, 0.25) is 0 Å². The minimum absolute atomic E-state index is 0.0895. The number of aliphatic carboxylic acids is 1. The Morgan fingerprint density at radius 1 is 1.03 bits per heavy atom. The lowest BCUT2D eigenvalue weighted by Gasteiger charge is -2.37. The zero-order valence-electron chi connectivity index (χ0n) is 21.5. The third-order valence-electron chi connectivity index (χ3n) is 7.32. The first-order chi connectivity index (χ1) is 16.3. The maximum absolute atomic E-state index is 13.7. The zero-order chi connectivity index (χ0) is 26.5. The van der Waals surface area contributed by atoms with Crippen molar-refractivity contribution in [3.8, 4) is 0 Å². The Labute approximate surface area is 207 Å². The molecule has 35 heavy (non-hydrogen) atoms. The number of hydrogen-bond acceptors (Lipinski definition) is 6. The molecule has 2 rings (SSSR count). The fourth-order valence-electron chi connectivity index (χ4n) is 5.27. The summed E-state index contributed by atoms with van der Waals surface area (Å²) in [5.74, 6) is -3.06. The van der Waals surface area contributed by atoms with E-state index in [9.17, 15) is 24.3 Å². The number of carbonyl (C=O) groups is 4. The van der Waals surface area contributed by atoms with E-state index in [1.165, 1.54) is 4.90 Å². The smallest absolute Gasteiger partial charge is 0.326 e. The van der Waals surface area contributed by atoms with Crippen molar-refractivity contribution in [2.45, 2.75) is 91.3 Å². The Kier molecular flexibility index (Phi) is 9.57. The van der Waals surface area contributed by atoms with Gasteiger partial charge in [-0.3, -0.25) is 19.8 Å². The molecule has 5 N–H and O–H groups in total. The summed E-state index contributed by atoms with van der Waals surface area (Å²) in [6.45, 7) is 9.61. The van der Waals surface area contributed by atoms with Crippen LogP contribution in [0, 0.1) is 34.0 Å². The highest BCUT2D eigenvalue weighted by atomic mass is 16.4. The number of nitrogens with zero attached hydrogens (tertiary/aromatic N) is 1. The predicted molar refractivity (Wildman–Crippen MR) is 132 cm³/mol. The number of amides is 3. The topological polar surface area (TPSA) is 164 Å². The van der Waals surface area contributed by atoms with Crippen LogP contribution in [0.5, 0.6) is 0 Å². The number of carbonyl (C=O) groups excluding carboxylic acids is 3. The first-order valence-corrected chi connectivity index (χ1v) is 12.5. The molecule has 1 aliphatic carbocycles. The molecule has 0 bridgehead atoms. The van der Waals surface area contributed by atoms with Crippen molar-refractivity contribution in [1.29, 1.82) is 10.8 Å². The maximum Gasteiger partial charge on any atom is 0.326 e. The highest BCUT2D eigenvalue weighted by molar-refractivity contribution is 6.59. The van der Waals surface area contributed by atoms with E-state index < -0.39 is 52.9 Å². The minimum Gasteiger partial charge on any atom is -0.480 e. The summed E-state index contributed by atoms with van der Waals surface area (Å²) in [7, 11) is 0. The quantitative estimate of drug-likeness (QED) is 0.312. The van der Waals surface area contributed by atoms with Gasteiger partial charge < -0.3 is 26.0 Å². The molecule has 1 aliphatic heterocycles. The second kappa shape index (κ2) is 11.8. The van der Waals surface area contributed by atoms with E-state index in [1.54, 1.807) is 20.8 Å². The third kappa shape index (κ3) is 6.89. The third-order valence-corrected chi connectivity index (χ3v) is 7.32. The second-order valence-corrected chi connectivity index (χ2v) is 11.2. The van der Waals surface area contributed by atoms with E-state index >= 15 is 0 Å². The van der Waals surface area contributed by atoms with Crippen LogP contribution in [-0.4, -0.2) is 70.3 Å². The number of likely N-dealkylation sites (tertiary alicyclic amines) is 1. The molecule has 0 aromatic carbocycles. The summed E-state index contributed by atoms with van der Waals surface area (Å²) in [5.41, 5.74) is -1.27. The van der Waals surface area contributed by atoms with Gasteiger partial charge in [0.15, 0.2) is 0 Å². The standard InChI is InChI=1S/C25H41N5O5/c1-14(2)16-11-12-30(19(16)24(34)35)23(33)20(25(3,4)5)29-22(32)18(15-9-7-6-8-10-15)28-21(31)17(27)13-26/h13-16,18-20,26-27H,6-12H2,1-5H3,(H,28,31)(H,29,32)(H,34,35)/t16-,18+,19+,20-/m1/s1. The molecule has 1 saturated heterocycles. The fourth-order valence-corrected chi connectivity index (χ4v) is 5.27. The molecule has 10 heteroatoms. The summed E-state index contributed by atoms with van der Waals surface area (Å²) in [4.78, 5) is 53.0. The highest BCUT2D eigenvalue weighted by Crippen LogP contribution is 2.33. The first kappa shape index (κ1) is 28.5. The van der Waals surface area contributed by atoms with Crippen LogP contribution in [0.4, 0.5) is 0 Å². The Bertz CT molecular complexity index is 844. The molecule has 2 fully saturated rings. The summed E-state index contributed by atoms with van der Waals surface area (Å²) in [5, 5.41) is 30.1. The summed E-state index contributed by atoms with van der Waals surface area (Å²) >= 11 is 0. The molecule has 4 atom stereocenters. The largest absolute Gasteiger partial charge is 0.480 e. The Morgan fingerprint density at radius 2 is 1.63 bits per heavy atom. The average molecular weight is 492 g/mol. The lowest BCUT2D eigenvalue weighted by Crippen LogP contribution is -2.61. The Balaban J connectivity index is 2.31. The Morgan fingerprint density at radius 3 is 2.11 bits per heavy atom. The normalized spacial score (nSPS) is 22.9. The summed E-state index contributed by atoms with van der Waals surface area (Å²) in [6, 6.07) is -2.89. The van der Waals surface area contributed by atoms with E-state index in [4.69, 9.17) is 10.8 Å². The van der Waals surface area contributed by atoms with E-state index in [2.05, 4.69) is 10.6 Å². The van der Waals surface area contributed by atoms with Crippen molar-refractivity contribution >= 4 is 35.6 Å². The van der Waals surface area contributed by atoms with Gasteiger partial charge in [-0.1, -0.05) is 53.9 Å². The van der Waals surface area contributed by atoms with Gasteiger partial charge in [0.05, 0.1) is 0 Å². The summed E-state index contributed by atoms with van der Waals surface area (Å²) in [6.07, 6.45) is 5.54. The maximum atomic E-state index is 13.7. The SMILES string of the molecule is CC(C)[C@H]1CCN(C(=O)[C@@H](NC(=O)[C@@H](NC(=O)C(=N)C=N)C2CCCCC2)C(C)(C)C)[C@@H]1C(=O)O. The van der Waals surface area contributed by atoms with Crippen LogP contribution in [0.25, 0.3) is 0 Å². The van der Waals surface area contributed by atoms with Gasteiger partial charge in [-0.15, -0.1) is 0 Å².